The van der Waals surface area contributed by atoms with Crippen molar-refractivity contribution < 1.29 is 43.7 Å². The van der Waals surface area contributed by atoms with Crippen molar-refractivity contribution in [2.45, 2.75) is 84.6 Å². The smallest absolute Gasteiger partial charge is 0.272 e. The van der Waals surface area contributed by atoms with Crippen LogP contribution in [0.2, 0.25) is 0 Å². The van der Waals surface area contributed by atoms with E-state index in [-0.39, 0.29) is 58.0 Å². The molecular formula is C19H40O9. The molecule has 0 rings (SSSR count). The van der Waals surface area contributed by atoms with E-state index in [9.17, 15) is 15.3 Å². The molecule has 0 aromatic carbocycles. The predicted octanol–water partition coefficient (Wildman–Crippen LogP) is 0.678. The van der Waals surface area contributed by atoms with E-state index < -0.39 is 24.8 Å². The highest BCUT2D eigenvalue weighted by Crippen LogP contribution is 2.11. The molecule has 0 spiro atoms. The van der Waals surface area contributed by atoms with Crippen LogP contribution in [0.4, 0.5) is 0 Å². The Hall–Kier alpha value is -0.360. The van der Waals surface area contributed by atoms with Gasteiger partial charge in [-0.15, -0.1) is 0 Å². The Bertz CT molecular complexity index is 300. The van der Waals surface area contributed by atoms with Crippen molar-refractivity contribution in [1.82, 2.24) is 0 Å². The van der Waals surface area contributed by atoms with E-state index in [4.69, 9.17) is 28.4 Å². The summed E-state index contributed by atoms with van der Waals surface area (Å²) in [5, 5.41) is 27.7. The molecule has 6 unspecified atom stereocenters. The monoisotopic (exact) mass is 412 g/mol. The first-order valence-corrected chi connectivity index (χ1v) is 9.83. The van der Waals surface area contributed by atoms with Gasteiger partial charge in [0.05, 0.1) is 76.3 Å². The van der Waals surface area contributed by atoms with Crippen LogP contribution in [0.25, 0.3) is 0 Å². The number of ether oxygens (including phenoxy) is 6. The Morgan fingerprint density at radius 3 is 0.929 bits per heavy atom. The molecule has 6 atom stereocenters. The van der Waals surface area contributed by atoms with Gasteiger partial charge in [-0.1, -0.05) is 0 Å². The molecule has 0 aromatic heterocycles. The Balaban J connectivity index is 4.49. The van der Waals surface area contributed by atoms with Gasteiger partial charge in [-0.2, -0.15) is 0 Å². The van der Waals surface area contributed by atoms with Crippen LogP contribution in [-0.4, -0.2) is 98.1 Å². The van der Waals surface area contributed by atoms with Gasteiger partial charge in [0.1, 0.15) is 0 Å². The zero-order valence-electron chi connectivity index (χ0n) is 18.1. The van der Waals surface area contributed by atoms with E-state index in [1.807, 2.05) is 20.8 Å². The maximum atomic E-state index is 9.25. The minimum absolute atomic E-state index is 0.216. The third kappa shape index (κ3) is 17.7. The molecule has 0 aliphatic carbocycles. The molecule has 3 N–H and O–H groups in total. The maximum Gasteiger partial charge on any atom is 0.272 e. The first-order chi connectivity index (χ1) is 13.1. The lowest BCUT2D eigenvalue weighted by Crippen LogP contribution is -2.36. The first-order valence-electron chi connectivity index (χ1n) is 9.83. The minimum atomic E-state index is -0.972. The summed E-state index contributed by atoms with van der Waals surface area (Å²) in [6.45, 7) is 10.9. The van der Waals surface area contributed by atoms with Crippen LogP contribution in [0.5, 0.6) is 0 Å². The summed E-state index contributed by atoms with van der Waals surface area (Å²) in [7, 11) is 0. The molecule has 170 valence electrons. The van der Waals surface area contributed by atoms with Crippen LogP contribution < -0.4 is 0 Å². The molecular weight excluding hydrogens is 372 g/mol. The van der Waals surface area contributed by atoms with Gasteiger partial charge in [-0.05, 0) is 41.5 Å². The molecule has 0 aromatic rings. The molecule has 9 nitrogen and oxygen atoms in total. The second kappa shape index (κ2) is 16.4. The summed E-state index contributed by atoms with van der Waals surface area (Å²) in [5.41, 5.74) is 0. The predicted molar refractivity (Wildman–Crippen MR) is 103 cm³/mol. The maximum absolute atomic E-state index is 9.25. The van der Waals surface area contributed by atoms with E-state index in [0.29, 0.717) is 0 Å². The Labute approximate surface area is 168 Å². The molecule has 28 heavy (non-hydrogen) atoms. The highest BCUT2D eigenvalue weighted by Gasteiger charge is 2.21. The van der Waals surface area contributed by atoms with Crippen LogP contribution >= 0.6 is 0 Å². The van der Waals surface area contributed by atoms with Gasteiger partial charge in [0.25, 0.3) is 6.48 Å². The molecule has 0 aliphatic rings. The first kappa shape index (κ1) is 27.6. The highest BCUT2D eigenvalue weighted by atomic mass is 16.9. The molecule has 0 saturated carbocycles. The number of hydrogen-bond donors (Lipinski definition) is 3. The van der Waals surface area contributed by atoms with Gasteiger partial charge in [0.15, 0.2) is 0 Å². The number of rotatable bonds is 18. The lowest BCUT2D eigenvalue weighted by molar-refractivity contribution is -0.336. The Kier molecular flexibility index (Phi) is 16.2. The second-order valence-corrected chi connectivity index (χ2v) is 7.29. The molecule has 0 heterocycles. The van der Waals surface area contributed by atoms with Crippen LogP contribution in [0.1, 0.15) is 41.5 Å². The quantitative estimate of drug-likeness (QED) is 0.279. The summed E-state index contributed by atoms with van der Waals surface area (Å²) in [6, 6.07) is 0. The van der Waals surface area contributed by atoms with Gasteiger partial charge in [0.2, 0.25) is 0 Å². The summed E-state index contributed by atoms with van der Waals surface area (Å²) >= 11 is 0. The molecule has 9 heteroatoms. The van der Waals surface area contributed by atoms with E-state index >= 15 is 0 Å². The summed E-state index contributed by atoms with van der Waals surface area (Å²) in [6.07, 6.45) is -2.65. The van der Waals surface area contributed by atoms with E-state index in [1.165, 1.54) is 0 Å². The summed E-state index contributed by atoms with van der Waals surface area (Å²) in [4.78, 5) is 0. The molecule has 0 fully saturated rings. The van der Waals surface area contributed by atoms with Crippen molar-refractivity contribution in [3.8, 4) is 0 Å². The number of hydrogen-bond acceptors (Lipinski definition) is 9. The van der Waals surface area contributed by atoms with Crippen molar-refractivity contribution in [3.05, 3.63) is 0 Å². The molecule has 0 saturated heterocycles. The average molecular weight is 413 g/mol. The van der Waals surface area contributed by atoms with Gasteiger partial charge < -0.3 is 43.7 Å². The second-order valence-electron chi connectivity index (χ2n) is 7.29. The van der Waals surface area contributed by atoms with Crippen molar-refractivity contribution in [3.63, 3.8) is 0 Å². The third-order valence-electron chi connectivity index (χ3n) is 3.17. The number of aliphatic hydroxyl groups excluding tert-OH is 3. The fourth-order valence-electron chi connectivity index (χ4n) is 2.00. The van der Waals surface area contributed by atoms with Gasteiger partial charge in [-0.25, -0.2) is 0 Å². The van der Waals surface area contributed by atoms with Crippen LogP contribution in [-0.2, 0) is 28.4 Å². The van der Waals surface area contributed by atoms with Crippen LogP contribution in [0, 0.1) is 0 Å². The fourth-order valence-corrected chi connectivity index (χ4v) is 2.00. The van der Waals surface area contributed by atoms with Gasteiger partial charge in [0, 0.05) is 0 Å². The van der Waals surface area contributed by atoms with E-state index in [2.05, 4.69) is 0 Å². The van der Waals surface area contributed by atoms with Gasteiger partial charge >= 0.3 is 0 Å². The lowest BCUT2D eigenvalue weighted by Gasteiger charge is -2.28. The van der Waals surface area contributed by atoms with E-state index in [0.717, 1.165) is 0 Å². The van der Waals surface area contributed by atoms with Crippen LogP contribution in [0.15, 0.2) is 0 Å². The fraction of sp³-hybridized carbons (Fsp3) is 1.00. The van der Waals surface area contributed by atoms with E-state index in [1.54, 1.807) is 20.8 Å². The zero-order valence-corrected chi connectivity index (χ0v) is 18.1. The minimum Gasteiger partial charge on any atom is -0.391 e. The third-order valence-corrected chi connectivity index (χ3v) is 3.17. The normalized spacial score (nSPS) is 19.6. The lowest BCUT2D eigenvalue weighted by atomic mass is 10.4. The van der Waals surface area contributed by atoms with Crippen LogP contribution in [0.3, 0.4) is 0 Å². The molecule has 0 radical (unpaired) electrons. The average Bonchev–Trinajstić information content (AvgIpc) is 2.53. The SMILES string of the molecule is CC(O)COCC(C)OC(OC(C)COCC(C)O)OC(C)COCC(C)O. The largest absolute Gasteiger partial charge is 0.391 e. The molecule has 0 bridgehead atoms. The molecule has 0 amide bonds. The van der Waals surface area contributed by atoms with Crippen molar-refractivity contribution in [2.75, 3.05) is 39.6 Å². The van der Waals surface area contributed by atoms with Gasteiger partial charge in [-0.3, -0.25) is 0 Å². The summed E-state index contributed by atoms with van der Waals surface area (Å²) in [5.74, 6) is 0. The van der Waals surface area contributed by atoms with Crippen molar-refractivity contribution >= 4 is 0 Å². The summed E-state index contributed by atoms with van der Waals surface area (Å²) < 4.78 is 33.4. The Morgan fingerprint density at radius 2 is 0.714 bits per heavy atom. The Morgan fingerprint density at radius 1 is 0.464 bits per heavy atom. The zero-order chi connectivity index (χ0) is 21.5. The van der Waals surface area contributed by atoms with Crippen molar-refractivity contribution in [1.29, 1.82) is 0 Å². The van der Waals surface area contributed by atoms with Crippen molar-refractivity contribution in [2.24, 2.45) is 0 Å². The number of aliphatic hydroxyl groups is 3. The standard InChI is InChI=1S/C19H40O9/c1-13(20)7-23-10-16(4)26-19(27-17(5)11-24-8-14(2)21)28-18(6)12-25-9-15(3)22/h13-22H,7-12H2,1-6H3. The topological polar surface area (TPSA) is 116 Å². The highest BCUT2D eigenvalue weighted by molar-refractivity contribution is 4.55. The molecule has 0 aliphatic heterocycles.